The Balaban J connectivity index is 0.00000264. The number of benzene rings is 1. The normalized spacial score (nSPS) is 10.8. The zero-order valence-electron chi connectivity index (χ0n) is 12.2. The van der Waals surface area contributed by atoms with E-state index in [0.717, 1.165) is 18.2 Å². The van der Waals surface area contributed by atoms with Gasteiger partial charge in [0.1, 0.15) is 17.3 Å². The number of aromatic nitrogens is 2. The van der Waals surface area contributed by atoms with Crippen molar-refractivity contribution in [2.24, 2.45) is 0 Å². The quantitative estimate of drug-likeness (QED) is 0.672. The molecule has 3 N–H and O–H groups in total. The summed E-state index contributed by atoms with van der Waals surface area (Å²) in [6.07, 6.45) is -4.54. The van der Waals surface area contributed by atoms with E-state index in [1.54, 1.807) is 0 Å². The van der Waals surface area contributed by atoms with Crippen molar-refractivity contribution in [3.8, 4) is 11.6 Å². The van der Waals surface area contributed by atoms with Crippen LogP contribution in [-0.4, -0.2) is 14.9 Å². The molecular formula is C13H13F3N4O3. The first kappa shape index (κ1) is 18.3. The lowest BCUT2D eigenvalue weighted by Crippen LogP contribution is -2.06. The van der Waals surface area contributed by atoms with Crippen molar-refractivity contribution in [3.05, 3.63) is 51.5 Å². The van der Waals surface area contributed by atoms with Gasteiger partial charge in [0.15, 0.2) is 0 Å². The monoisotopic (exact) mass is 330 g/mol. The van der Waals surface area contributed by atoms with Gasteiger partial charge in [-0.25, -0.2) is 4.98 Å². The highest BCUT2D eigenvalue weighted by molar-refractivity contribution is 5.47. The average molecular weight is 330 g/mol. The fourth-order valence-electron chi connectivity index (χ4n) is 1.80. The fraction of sp³-hybridized carbons (Fsp3) is 0.231. The van der Waals surface area contributed by atoms with E-state index in [2.05, 4.69) is 9.97 Å². The molecule has 2 rings (SSSR count). The number of rotatable bonds is 3. The van der Waals surface area contributed by atoms with E-state index in [1.807, 2.05) is 0 Å². The van der Waals surface area contributed by atoms with Crippen LogP contribution in [0.4, 0.5) is 18.9 Å². The topological polar surface area (TPSA) is 113 Å². The first-order chi connectivity index (χ1) is 10.2. The number of hydrogen-bond acceptors (Lipinski definition) is 6. The molecule has 0 saturated carbocycles. The second kappa shape index (κ2) is 6.57. The van der Waals surface area contributed by atoms with Crippen molar-refractivity contribution in [2.45, 2.75) is 20.0 Å². The summed E-state index contributed by atoms with van der Waals surface area (Å²) in [7, 11) is 0. The van der Waals surface area contributed by atoms with E-state index in [1.165, 1.54) is 19.9 Å². The number of nitrogens with zero attached hydrogens (tertiary/aromatic N) is 3. The van der Waals surface area contributed by atoms with E-state index in [0.29, 0.717) is 0 Å². The highest BCUT2D eigenvalue weighted by atomic mass is 19.4. The van der Waals surface area contributed by atoms with Gasteiger partial charge in [-0.15, -0.1) is 0 Å². The van der Waals surface area contributed by atoms with Crippen LogP contribution in [0, 0.1) is 24.0 Å². The van der Waals surface area contributed by atoms with Crippen LogP contribution >= 0.6 is 0 Å². The van der Waals surface area contributed by atoms with Gasteiger partial charge in [-0.1, -0.05) is 6.07 Å². The summed E-state index contributed by atoms with van der Waals surface area (Å²) >= 11 is 0. The summed E-state index contributed by atoms with van der Waals surface area (Å²) in [4.78, 5) is 17.9. The molecule has 7 nitrogen and oxygen atoms in total. The predicted molar refractivity (Wildman–Crippen MR) is 74.7 cm³/mol. The van der Waals surface area contributed by atoms with Crippen molar-refractivity contribution < 1.29 is 22.8 Å². The van der Waals surface area contributed by atoms with Crippen LogP contribution in [-0.2, 0) is 6.18 Å². The molecular weight excluding hydrogens is 317 g/mol. The second-order valence-electron chi connectivity index (χ2n) is 4.39. The van der Waals surface area contributed by atoms with Gasteiger partial charge in [0.2, 0.25) is 0 Å². The Bertz CT molecular complexity index is 735. The molecule has 23 heavy (non-hydrogen) atoms. The van der Waals surface area contributed by atoms with Crippen molar-refractivity contribution >= 4 is 5.69 Å². The molecule has 0 saturated heterocycles. The Morgan fingerprint density at radius 3 is 2.43 bits per heavy atom. The molecule has 0 bridgehead atoms. The van der Waals surface area contributed by atoms with Crippen LogP contribution in [0.1, 0.15) is 17.1 Å². The van der Waals surface area contributed by atoms with Gasteiger partial charge in [-0.05, 0) is 32.0 Å². The maximum Gasteiger partial charge on any atom is 0.416 e. The van der Waals surface area contributed by atoms with E-state index in [9.17, 15) is 23.3 Å². The number of nitro groups is 1. The molecule has 0 aliphatic rings. The van der Waals surface area contributed by atoms with Crippen molar-refractivity contribution in [3.63, 3.8) is 0 Å². The van der Waals surface area contributed by atoms with Gasteiger partial charge in [0.25, 0.3) is 0 Å². The molecule has 0 radical (unpaired) electrons. The number of halogens is 3. The zero-order chi connectivity index (χ0) is 16.5. The Morgan fingerprint density at radius 1 is 1.22 bits per heavy atom. The molecule has 2 aromatic rings. The van der Waals surface area contributed by atoms with E-state index in [-0.39, 0.29) is 23.4 Å². The Kier molecular flexibility index (Phi) is 5.22. The summed E-state index contributed by atoms with van der Waals surface area (Å²) in [6, 6.07) is 4.02. The molecule has 124 valence electrons. The molecule has 1 aromatic heterocycles. The molecule has 1 aromatic carbocycles. The van der Waals surface area contributed by atoms with Gasteiger partial charge in [-0.3, -0.25) is 10.1 Å². The van der Waals surface area contributed by atoms with E-state index in [4.69, 9.17) is 4.74 Å². The molecule has 0 amide bonds. The van der Waals surface area contributed by atoms with Crippen molar-refractivity contribution in [1.29, 1.82) is 0 Å². The van der Waals surface area contributed by atoms with Gasteiger partial charge in [-0.2, -0.15) is 18.2 Å². The molecule has 0 aliphatic heterocycles. The first-order valence-corrected chi connectivity index (χ1v) is 6.03. The molecule has 1 heterocycles. The maximum atomic E-state index is 12.7. The smallest absolute Gasteiger partial charge is 0.416 e. The average Bonchev–Trinajstić information content (AvgIpc) is 2.36. The van der Waals surface area contributed by atoms with Crippen LogP contribution in [0.15, 0.2) is 24.3 Å². The van der Waals surface area contributed by atoms with Crippen LogP contribution in [0.2, 0.25) is 0 Å². The minimum absolute atomic E-state index is 0. The lowest BCUT2D eigenvalue weighted by molar-refractivity contribution is -0.386. The summed E-state index contributed by atoms with van der Waals surface area (Å²) < 4.78 is 43.1. The first-order valence-electron chi connectivity index (χ1n) is 6.03. The number of ether oxygens (including phenoxy) is 1. The third kappa shape index (κ3) is 4.13. The SMILES string of the molecule is Cc1nc(C)c([N+](=O)[O-])c(Oc2cccc(C(F)(F)F)c2)n1.N. The van der Waals surface area contributed by atoms with Gasteiger partial charge in [0, 0.05) is 0 Å². The summed E-state index contributed by atoms with van der Waals surface area (Å²) in [6.45, 7) is 2.89. The van der Waals surface area contributed by atoms with Crippen LogP contribution in [0.3, 0.4) is 0 Å². The highest BCUT2D eigenvalue weighted by Gasteiger charge is 2.31. The van der Waals surface area contributed by atoms with Crippen LogP contribution < -0.4 is 10.9 Å². The molecule has 0 atom stereocenters. The highest BCUT2D eigenvalue weighted by Crippen LogP contribution is 2.35. The van der Waals surface area contributed by atoms with Crippen molar-refractivity contribution in [2.75, 3.05) is 0 Å². The van der Waals surface area contributed by atoms with Crippen molar-refractivity contribution in [1.82, 2.24) is 16.1 Å². The van der Waals surface area contributed by atoms with E-state index >= 15 is 0 Å². The van der Waals surface area contributed by atoms with Crippen LogP contribution in [0.5, 0.6) is 11.6 Å². The third-order valence-electron chi connectivity index (χ3n) is 2.70. The fourth-order valence-corrected chi connectivity index (χ4v) is 1.80. The summed E-state index contributed by atoms with van der Waals surface area (Å²) in [5.74, 6) is -0.380. The summed E-state index contributed by atoms with van der Waals surface area (Å²) in [5, 5.41) is 11.0. The molecule has 0 spiro atoms. The number of alkyl halides is 3. The molecule has 0 fully saturated rings. The van der Waals surface area contributed by atoms with Gasteiger partial charge in [0.05, 0.1) is 10.5 Å². The molecule has 0 aliphatic carbocycles. The second-order valence-corrected chi connectivity index (χ2v) is 4.39. The van der Waals surface area contributed by atoms with E-state index < -0.39 is 28.2 Å². The minimum atomic E-state index is -4.54. The standard InChI is InChI=1S/C13H10F3N3O3.H3N/c1-7-11(19(20)21)12(18-8(2)17-7)22-10-5-3-4-9(6-10)13(14,15)16;/h3-6H,1-2H3;1H3. The van der Waals surface area contributed by atoms with Gasteiger partial charge < -0.3 is 10.9 Å². The number of aryl methyl sites for hydroxylation is 2. The molecule has 10 heteroatoms. The molecule has 0 unspecified atom stereocenters. The Morgan fingerprint density at radius 2 is 1.87 bits per heavy atom. The Hall–Kier alpha value is -2.75. The minimum Gasteiger partial charge on any atom is -0.434 e. The third-order valence-corrected chi connectivity index (χ3v) is 2.70. The summed E-state index contributed by atoms with van der Waals surface area (Å²) in [5.41, 5.74) is -1.34. The van der Waals surface area contributed by atoms with Crippen LogP contribution in [0.25, 0.3) is 0 Å². The predicted octanol–water partition coefficient (Wildman–Crippen LogP) is 3.97. The maximum absolute atomic E-state index is 12.7. The zero-order valence-corrected chi connectivity index (χ0v) is 12.2. The lowest BCUT2D eigenvalue weighted by Gasteiger charge is -2.10. The lowest BCUT2D eigenvalue weighted by atomic mass is 10.2. The van der Waals surface area contributed by atoms with Gasteiger partial charge >= 0.3 is 17.7 Å². The Labute approximate surface area is 128 Å². The number of hydrogen-bond donors (Lipinski definition) is 1. The largest absolute Gasteiger partial charge is 0.434 e.